The van der Waals surface area contributed by atoms with Gasteiger partial charge in [0.05, 0.1) is 0 Å². The van der Waals surface area contributed by atoms with Crippen molar-refractivity contribution in [2.24, 2.45) is 5.41 Å². The van der Waals surface area contributed by atoms with Crippen molar-refractivity contribution >= 4 is 0 Å². The van der Waals surface area contributed by atoms with E-state index >= 15 is 0 Å². The molecule has 0 aliphatic heterocycles. The molecule has 0 aromatic rings. The van der Waals surface area contributed by atoms with Crippen LogP contribution in [-0.4, -0.2) is 0 Å². The quantitative estimate of drug-likeness (QED) is 0.0937. The molecular weight excluding hydrogens is 408 g/mol. The Morgan fingerprint density at radius 1 is 0.235 bits per heavy atom. The van der Waals surface area contributed by atoms with E-state index in [1.807, 2.05) is 0 Å². The second kappa shape index (κ2) is 27.6. The van der Waals surface area contributed by atoms with E-state index in [-0.39, 0.29) is 0 Å². The lowest BCUT2D eigenvalue weighted by Crippen LogP contribution is -2.21. The van der Waals surface area contributed by atoms with Gasteiger partial charge in [-0.1, -0.05) is 188 Å². The lowest BCUT2D eigenvalue weighted by Gasteiger charge is -2.35. The average Bonchev–Trinajstić information content (AvgIpc) is 2.85. The van der Waals surface area contributed by atoms with E-state index in [0.29, 0.717) is 5.41 Å². The zero-order valence-corrected chi connectivity index (χ0v) is 25.0. The van der Waals surface area contributed by atoms with Crippen LogP contribution in [0.25, 0.3) is 0 Å². The van der Waals surface area contributed by atoms with Gasteiger partial charge in [0.2, 0.25) is 0 Å². The van der Waals surface area contributed by atoms with Gasteiger partial charge in [-0.2, -0.15) is 0 Å². The Hall–Kier alpha value is 0. The van der Waals surface area contributed by atoms with Crippen molar-refractivity contribution in [1.82, 2.24) is 0 Å². The molecule has 0 rings (SSSR count). The van der Waals surface area contributed by atoms with E-state index in [4.69, 9.17) is 0 Å². The van der Waals surface area contributed by atoms with Crippen molar-refractivity contribution in [2.45, 2.75) is 214 Å². The highest BCUT2D eigenvalue weighted by Crippen LogP contribution is 2.42. The van der Waals surface area contributed by atoms with E-state index in [9.17, 15) is 0 Å². The monoisotopic (exact) mass is 479 g/mol. The molecule has 0 N–H and O–H groups in total. The summed E-state index contributed by atoms with van der Waals surface area (Å²) in [4.78, 5) is 0. The van der Waals surface area contributed by atoms with Crippen molar-refractivity contribution in [2.75, 3.05) is 0 Å². The standard InChI is InChI=1S/C34H70/c1-5-9-13-16-19-22-25-28-32-34(30-12-8-4,31-27-24-21-18-15-11-7-3)33-29-26-23-20-17-14-10-6-2/h5-33H2,1-4H3. The van der Waals surface area contributed by atoms with Crippen molar-refractivity contribution < 1.29 is 0 Å². The van der Waals surface area contributed by atoms with Crippen LogP contribution in [0.1, 0.15) is 214 Å². The molecule has 0 aliphatic carbocycles. The maximum absolute atomic E-state index is 2.41. The summed E-state index contributed by atoms with van der Waals surface area (Å²) in [5.41, 5.74) is 0.684. The van der Waals surface area contributed by atoms with Crippen LogP contribution in [0.2, 0.25) is 0 Å². The van der Waals surface area contributed by atoms with Gasteiger partial charge in [-0.3, -0.25) is 0 Å². The van der Waals surface area contributed by atoms with Gasteiger partial charge in [0.15, 0.2) is 0 Å². The van der Waals surface area contributed by atoms with Crippen LogP contribution >= 0.6 is 0 Å². The first-order chi connectivity index (χ1) is 16.7. The third-order valence-corrected chi connectivity index (χ3v) is 8.49. The summed E-state index contributed by atoms with van der Waals surface area (Å²) in [5.74, 6) is 0. The zero-order chi connectivity index (χ0) is 25.0. The van der Waals surface area contributed by atoms with E-state index in [1.54, 1.807) is 0 Å². The third kappa shape index (κ3) is 22.5. The van der Waals surface area contributed by atoms with Gasteiger partial charge in [-0.05, 0) is 31.1 Å². The maximum atomic E-state index is 2.41. The Kier molecular flexibility index (Phi) is 27.6. The van der Waals surface area contributed by atoms with Crippen LogP contribution in [0.15, 0.2) is 0 Å². The van der Waals surface area contributed by atoms with Gasteiger partial charge in [-0.15, -0.1) is 0 Å². The van der Waals surface area contributed by atoms with Crippen LogP contribution in [0.3, 0.4) is 0 Å². The van der Waals surface area contributed by atoms with Gasteiger partial charge in [0, 0.05) is 0 Å². The highest BCUT2D eigenvalue weighted by molar-refractivity contribution is 4.80. The summed E-state index contributed by atoms with van der Waals surface area (Å²) in [5, 5.41) is 0. The van der Waals surface area contributed by atoms with E-state index < -0.39 is 0 Å². The van der Waals surface area contributed by atoms with E-state index in [2.05, 4.69) is 27.7 Å². The molecule has 0 heterocycles. The molecule has 0 spiro atoms. The first kappa shape index (κ1) is 34.0. The Balaban J connectivity index is 4.50. The molecule has 0 unspecified atom stereocenters. The summed E-state index contributed by atoms with van der Waals surface area (Å²) >= 11 is 0. The highest BCUT2D eigenvalue weighted by Gasteiger charge is 2.28. The molecular formula is C34H70. The zero-order valence-electron chi connectivity index (χ0n) is 25.0. The normalized spacial score (nSPS) is 12.0. The Labute approximate surface area is 219 Å². The van der Waals surface area contributed by atoms with E-state index in [1.165, 1.54) is 186 Å². The lowest BCUT2D eigenvalue weighted by molar-refractivity contribution is 0.173. The molecule has 0 bridgehead atoms. The molecule has 0 fully saturated rings. The molecule has 0 amide bonds. The summed E-state index contributed by atoms with van der Waals surface area (Å²) in [6.07, 6.45) is 42.7. The first-order valence-electron chi connectivity index (χ1n) is 16.7. The van der Waals surface area contributed by atoms with Gasteiger partial charge in [0.25, 0.3) is 0 Å². The molecule has 0 heteroatoms. The largest absolute Gasteiger partial charge is 0.0654 e. The van der Waals surface area contributed by atoms with E-state index in [0.717, 1.165) is 0 Å². The topological polar surface area (TPSA) is 0 Å². The molecule has 0 nitrogen and oxygen atoms in total. The second-order valence-electron chi connectivity index (χ2n) is 11.9. The molecule has 0 atom stereocenters. The minimum Gasteiger partial charge on any atom is -0.0654 e. The fourth-order valence-electron chi connectivity index (χ4n) is 6.03. The van der Waals surface area contributed by atoms with Crippen LogP contribution in [0.5, 0.6) is 0 Å². The van der Waals surface area contributed by atoms with Crippen LogP contribution in [0, 0.1) is 5.41 Å². The number of rotatable bonds is 29. The number of hydrogen-bond acceptors (Lipinski definition) is 0. The second-order valence-corrected chi connectivity index (χ2v) is 11.9. The third-order valence-electron chi connectivity index (χ3n) is 8.49. The smallest absolute Gasteiger partial charge is 0.0297 e. The molecule has 0 aliphatic rings. The van der Waals surface area contributed by atoms with Crippen LogP contribution in [0.4, 0.5) is 0 Å². The maximum Gasteiger partial charge on any atom is -0.0297 e. The van der Waals surface area contributed by atoms with Gasteiger partial charge < -0.3 is 0 Å². The van der Waals surface area contributed by atoms with Crippen molar-refractivity contribution in [3.8, 4) is 0 Å². The summed E-state index contributed by atoms with van der Waals surface area (Å²) in [6.45, 7) is 9.39. The van der Waals surface area contributed by atoms with Gasteiger partial charge in [0.1, 0.15) is 0 Å². The number of unbranched alkanes of at least 4 members (excludes halogenated alkanes) is 21. The minimum absolute atomic E-state index is 0.684. The first-order valence-corrected chi connectivity index (χ1v) is 16.7. The van der Waals surface area contributed by atoms with Crippen LogP contribution < -0.4 is 0 Å². The summed E-state index contributed by atoms with van der Waals surface area (Å²) < 4.78 is 0. The SMILES string of the molecule is CCCCCCCCCCC(CCCC)(CCCCCCCCC)CCCCCCCCCC. The predicted molar refractivity (Wildman–Crippen MR) is 159 cm³/mol. The lowest BCUT2D eigenvalue weighted by atomic mass is 9.70. The molecule has 0 aromatic heterocycles. The van der Waals surface area contributed by atoms with Gasteiger partial charge in [-0.25, -0.2) is 0 Å². The molecule has 0 saturated heterocycles. The van der Waals surface area contributed by atoms with Crippen molar-refractivity contribution in [1.29, 1.82) is 0 Å². The fraction of sp³-hybridized carbons (Fsp3) is 1.00. The molecule has 34 heavy (non-hydrogen) atoms. The van der Waals surface area contributed by atoms with Crippen molar-refractivity contribution in [3.63, 3.8) is 0 Å². The Morgan fingerprint density at radius 2 is 0.441 bits per heavy atom. The Morgan fingerprint density at radius 3 is 0.706 bits per heavy atom. The average molecular weight is 479 g/mol. The summed E-state index contributed by atoms with van der Waals surface area (Å²) in [6, 6.07) is 0. The highest BCUT2D eigenvalue weighted by atomic mass is 14.3. The molecule has 0 saturated carbocycles. The van der Waals surface area contributed by atoms with Crippen molar-refractivity contribution in [3.05, 3.63) is 0 Å². The predicted octanol–water partition coefficient (Wildman–Crippen LogP) is 13.4. The molecule has 0 aromatic carbocycles. The fourth-order valence-corrected chi connectivity index (χ4v) is 6.03. The molecule has 0 radical (unpaired) electrons. The molecule has 206 valence electrons. The number of hydrogen-bond donors (Lipinski definition) is 0. The summed E-state index contributed by atoms with van der Waals surface area (Å²) in [7, 11) is 0. The van der Waals surface area contributed by atoms with Gasteiger partial charge >= 0.3 is 0 Å². The van der Waals surface area contributed by atoms with Crippen LogP contribution in [-0.2, 0) is 0 Å². The minimum atomic E-state index is 0.684. The Bertz CT molecular complexity index is 337.